The van der Waals surface area contributed by atoms with Gasteiger partial charge in [-0.05, 0) is 25.7 Å². The summed E-state index contributed by atoms with van der Waals surface area (Å²) < 4.78 is 33.8. The standard InChI is InChI=1S/C16H34O4S.Na/c1-3-5-6-7-10-13-16(21(18,19)20)14-11-8-9-12-15(17)4-2;/h15-17H,3-14H2,1-2H3,(H,18,19,20);/q;+1/p-1. The van der Waals surface area contributed by atoms with Crippen LogP contribution in [0.4, 0.5) is 0 Å². The smallest absolute Gasteiger partial charge is 0.748 e. The quantitative estimate of drug-likeness (QED) is 0.290. The second-order valence-corrected chi connectivity index (χ2v) is 7.67. The zero-order valence-corrected chi connectivity index (χ0v) is 17.5. The van der Waals surface area contributed by atoms with Gasteiger partial charge in [0.2, 0.25) is 0 Å². The molecule has 6 heteroatoms. The van der Waals surface area contributed by atoms with Crippen molar-refractivity contribution in [3.05, 3.63) is 0 Å². The molecule has 2 atom stereocenters. The molecule has 0 aromatic rings. The minimum Gasteiger partial charge on any atom is -0.748 e. The zero-order chi connectivity index (χ0) is 16.1. The second-order valence-electron chi connectivity index (χ2n) is 6.02. The molecule has 0 fully saturated rings. The van der Waals surface area contributed by atoms with Gasteiger partial charge in [0.05, 0.1) is 16.2 Å². The first-order valence-electron chi connectivity index (χ1n) is 8.54. The van der Waals surface area contributed by atoms with Gasteiger partial charge in [-0.1, -0.05) is 65.2 Å². The Hall–Kier alpha value is 0.870. The number of rotatable bonds is 14. The molecule has 0 aliphatic carbocycles. The molecule has 22 heavy (non-hydrogen) atoms. The van der Waals surface area contributed by atoms with E-state index in [-0.39, 0.29) is 35.7 Å². The van der Waals surface area contributed by atoms with E-state index in [0.717, 1.165) is 57.8 Å². The molecule has 0 aromatic heterocycles. The summed E-state index contributed by atoms with van der Waals surface area (Å²) in [6.07, 6.45) is 10.1. The van der Waals surface area contributed by atoms with E-state index in [1.165, 1.54) is 6.42 Å². The molecular weight excluding hydrogens is 311 g/mol. The van der Waals surface area contributed by atoms with Gasteiger partial charge in [-0.3, -0.25) is 0 Å². The first kappa shape index (κ1) is 25.1. The van der Waals surface area contributed by atoms with Crippen molar-refractivity contribution in [2.45, 2.75) is 102 Å². The molecule has 0 saturated carbocycles. The third-order valence-corrected chi connectivity index (χ3v) is 5.36. The monoisotopic (exact) mass is 344 g/mol. The van der Waals surface area contributed by atoms with Crippen LogP contribution in [-0.2, 0) is 10.1 Å². The van der Waals surface area contributed by atoms with Gasteiger partial charge in [-0.15, -0.1) is 0 Å². The molecule has 2 unspecified atom stereocenters. The fourth-order valence-electron chi connectivity index (χ4n) is 2.54. The molecule has 0 rings (SSSR count). The molecule has 0 aliphatic rings. The second kappa shape index (κ2) is 15.4. The van der Waals surface area contributed by atoms with E-state index < -0.39 is 15.4 Å². The van der Waals surface area contributed by atoms with Crippen molar-refractivity contribution in [2.75, 3.05) is 0 Å². The van der Waals surface area contributed by atoms with E-state index in [4.69, 9.17) is 0 Å². The summed E-state index contributed by atoms with van der Waals surface area (Å²) in [5.41, 5.74) is 0. The van der Waals surface area contributed by atoms with E-state index in [1.807, 2.05) is 6.92 Å². The van der Waals surface area contributed by atoms with Gasteiger partial charge in [0.15, 0.2) is 0 Å². The Morgan fingerprint density at radius 2 is 1.32 bits per heavy atom. The largest absolute Gasteiger partial charge is 1.00 e. The summed E-state index contributed by atoms with van der Waals surface area (Å²) in [6.45, 7) is 4.09. The Morgan fingerprint density at radius 1 is 0.864 bits per heavy atom. The fraction of sp³-hybridized carbons (Fsp3) is 1.00. The van der Waals surface area contributed by atoms with E-state index >= 15 is 0 Å². The summed E-state index contributed by atoms with van der Waals surface area (Å²) in [6, 6.07) is 0. The van der Waals surface area contributed by atoms with Crippen LogP contribution in [0.15, 0.2) is 0 Å². The van der Waals surface area contributed by atoms with Crippen molar-refractivity contribution < 1.29 is 47.6 Å². The Balaban J connectivity index is 0. The molecule has 128 valence electrons. The van der Waals surface area contributed by atoms with Gasteiger partial charge in [0.1, 0.15) is 0 Å². The molecule has 0 spiro atoms. The number of hydrogen-bond acceptors (Lipinski definition) is 4. The van der Waals surface area contributed by atoms with Crippen LogP contribution in [0.25, 0.3) is 0 Å². The normalized spacial score (nSPS) is 14.4. The molecule has 4 nitrogen and oxygen atoms in total. The van der Waals surface area contributed by atoms with E-state index in [9.17, 15) is 18.1 Å². The number of aliphatic hydroxyl groups excluding tert-OH is 1. The van der Waals surface area contributed by atoms with E-state index in [2.05, 4.69) is 6.92 Å². The van der Waals surface area contributed by atoms with E-state index in [0.29, 0.717) is 12.8 Å². The first-order chi connectivity index (χ1) is 9.91. The SMILES string of the molecule is CCCCCCCC(CCCCCC(O)CC)S(=O)(=O)[O-].[Na+]. The third kappa shape index (κ3) is 14.5. The van der Waals surface area contributed by atoms with Gasteiger partial charge in [-0.25, -0.2) is 8.42 Å². The van der Waals surface area contributed by atoms with Gasteiger partial charge in [-0.2, -0.15) is 0 Å². The molecule has 0 radical (unpaired) electrons. The van der Waals surface area contributed by atoms with E-state index in [1.54, 1.807) is 0 Å². The van der Waals surface area contributed by atoms with Crippen molar-refractivity contribution in [3.63, 3.8) is 0 Å². The predicted molar refractivity (Wildman–Crippen MR) is 86.2 cm³/mol. The van der Waals surface area contributed by atoms with Crippen LogP contribution in [-0.4, -0.2) is 29.4 Å². The molecule has 0 aromatic carbocycles. The van der Waals surface area contributed by atoms with Crippen LogP contribution in [0.5, 0.6) is 0 Å². The molecule has 0 aliphatic heterocycles. The predicted octanol–water partition coefficient (Wildman–Crippen LogP) is 0.986. The minimum atomic E-state index is -4.17. The van der Waals surface area contributed by atoms with Crippen molar-refractivity contribution >= 4 is 10.1 Å². The fourth-order valence-corrected chi connectivity index (χ4v) is 3.45. The van der Waals surface area contributed by atoms with Crippen LogP contribution >= 0.6 is 0 Å². The molecule has 0 amide bonds. The molecule has 0 saturated heterocycles. The maximum Gasteiger partial charge on any atom is 1.00 e. The maximum atomic E-state index is 11.3. The van der Waals surface area contributed by atoms with Crippen LogP contribution < -0.4 is 29.6 Å². The zero-order valence-electron chi connectivity index (χ0n) is 14.7. The van der Waals surface area contributed by atoms with Crippen molar-refractivity contribution in [2.24, 2.45) is 0 Å². The Bertz CT molecular complexity index is 333. The Labute approximate surface area is 159 Å². The topological polar surface area (TPSA) is 77.4 Å². The number of aliphatic hydroxyl groups is 1. The molecule has 1 N–H and O–H groups in total. The summed E-state index contributed by atoms with van der Waals surface area (Å²) in [4.78, 5) is 0. The molecular formula is C16H33NaO4S. The minimum absolute atomic E-state index is 0. The molecule has 0 bridgehead atoms. The maximum absolute atomic E-state index is 11.3. The summed E-state index contributed by atoms with van der Waals surface area (Å²) in [5, 5.41) is 8.72. The van der Waals surface area contributed by atoms with Crippen LogP contribution in [0.1, 0.15) is 90.9 Å². The van der Waals surface area contributed by atoms with Crippen LogP contribution in [0, 0.1) is 0 Å². The summed E-state index contributed by atoms with van der Waals surface area (Å²) in [7, 11) is -4.17. The van der Waals surface area contributed by atoms with Gasteiger partial charge in [0, 0.05) is 5.25 Å². The Morgan fingerprint density at radius 3 is 1.77 bits per heavy atom. The average molecular weight is 344 g/mol. The van der Waals surface area contributed by atoms with Crippen molar-refractivity contribution in [3.8, 4) is 0 Å². The van der Waals surface area contributed by atoms with Crippen LogP contribution in [0.3, 0.4) is 0 Å². The Kier molecular flexibility index (Phi) is 17.6. The van der Waals surface area contributed by atoms with Gasteiger partial charge < -0.3 is 9.66 Å². The first-order valence-corrected chi connectivity index (χ1v) is 10.0. The summed E-state index contributed by atoms with van der Waals surface area (Å²) in [5.74, 6) is 0. The summed E-state index contributed by atoms with van der Waals surface area (Å²) >= 11 is 0. The van der Waals surface area contributed by atoms with Gasteiger partial charge >= 0.3 is 29.6 Å². The van der Waals surface area contributed by atoms with Gasteiger partial charge in [0.25, 0.3) is 0 Å². The van der Waals surface area contributed by atoms with Crippen molar-refractivity contribution in [1.82, 2.24) is 0 Å². The number of hydrogen-bond donors (Lipinski definition) is 1. The number of unbranched alkanes of at least 4 members (excludes halogenated alkanes) is 6. The van der Waals surface area contributed by atoms with Crippen LogP contribution in [0.2, 0.25) is 0 Å². The third-order valence-electron chi connectivity index (χ3n) is 4.07. The molecule has 0 heterocycles. The van der Waals surface area contributed by atoms with Crippen molar-refractivity contribution in [1.29, 1.82) is 0 Å². The average Bonchev–Trinajstić information content (AvgIpc) is 2.42.